The van der Waals surface area contributed by atoms with Gasteiger partial charge in [-0.25, -0.2) is 8.42 Å². The number of amides is 1. The summed E-state index contributed by atoms with van der Waals surface area (Å²) in [4.78, 5) is 12.3. The minimum Gasteiger partial charge on any atom is -0.323 e. The molecule has 0 unspecified atom stereocenters. The molecule has 0 aliphatic carbocycles. The third-order valence-electron chi connectivity index (χ3n) is 3.49. The molecule has 1 aromatic carbocycles. The van der Waals surface area contributed by atoms with E-state index in [4.69, 9.17) is 0 Å². The van der Waals surface area contributed by atoms with Gasteiger partial charge < -0.3 is 5.32 Å². The van der Waals surface area contributed by atoms with Crippen molar-refractivity contribution in [2.45, 2.75) is 30.2 Å². The normalized spacial score (nSPS) is 26.7. The lowest BCUT2D eigenvalue weighted by Gasteiger charge is -2.31. The lowest BCUT2D eigenvalue weighted by Crippen LogP contribution is -2.47. The summed E-state index contributed by atoms with van der Waals surface area (Å²) in [6, 6.07) is 6.01. The second-order valence-corrected chi connectivity index (χ2v) is 6.47. The average Bonchev–Trinajstić information content (AvgIpc) is 2.46. The van der Waals surface area contributed by atoms with Crippen LogP contribution in [0.5, 0.6) is 0 Å². The number of anilines is 1. The number of hydrogen-bond acceptors (Lipinski definition) is 3. The van der Waals surface area contributed by atoms with Gasteiger partial charge in [-0.3, -0.25) is 4.79 Å². The Morgan fingerprint density at radius 2 is 2.00 bits per heavy atom. The highest BCUT2D eigenvalue weighted by Gasteiger charge is 2.41. The fourth-order valence-electron chi connectivity index (χ4n) is 2.59. The van der Waals surface area contributed by atoms with Crippen molar-refractivity contribution in [3.8, 4) is 0 Å². The first-order valence-electron chi connectivity index (χ1n) is 6.02. The molecule has 0 aromatic heterocycles. The first-order valence-corrected chi connectivity index (χ1v) is 7.46. The maximum absolute atomic E-state index is 12.5. The number of nitrogens with one attached hydrogen (secondary N) is 1. The molecule has 0 bridgehead atoms. The summed E-state index contributed by atoms with van der Waals surface area (Å²) >= 11 is 0. The van der Waals surface area contributed by atoms with E-state index in [1.807, 2.05) is 0 Å². The van der Waals surface area contributed by atoms with Crippen LogP contribution in [-0.4, -0.2) is 31.2 Å². The number of fused-ring (bicyclic) bond motifs is 2. The molecule has 2 aliphatic rings. The maximum Gasteiger partial charge on any atom is 0.245 e. The van der Waals surface area contributed by atoms with Gasteiger partial charge in [0.1, 0.15) is 10.9 Å². The SMILES string of the molecule is O=C1Nc2ccccc2S(=O)(=O)N2CCCC[C@@H]12. The molecule has 1 aromatic rings. The van der Waals surface area contributed by atoms with Crippen molar-refractivity contribution in [1.82, 2.24) is 4.31 Å². The van der Waals surface area contributed by atoms with Crippen LogP contribution in [-0.2, 0) is 14.8 Å². The zero-order valence-corrected chi connectivity index (χ0v) is 10.6. The zero-order chi connectivity index (χ0) is 12.8. The minimum atomic E-state index is -3.56. The topological polar surface area (TPSA) is 66.5 Å². The molecule has 1 fully saturated rings. The van der Waals surface area contributed by atoms with Gasteiger partial charge in [0.25, 0.3) is 0 Å². The molecule has 0 saturated carbocycles. The third-order valence-corrected chi connectivity index (χ3v) is 5.45. The summed E-state index contributed by atoms with van der Waals surface area (Å²) in [6.45, 7) is 0.425. The lowest BCUT2D eigenvalue weighted by atomic mass is 10.0. The molecule has 1 amide bonds. The van der Waals surface area contributed by atoms with E-state index < -0.39 is 16.1 Å². The Labute approximate surface area is 106 Å². The van der Waals surface area contributed by atoms with Crippen molar-refractivity contribution in [2.24, 2.45) is 0 Å². The predicted octanol–water partition coefficient (Wildman–Crippen LogP) is 1.18. The number of carbonyl (C=O) groups is 1. The van der Waals surface area contributed by atoms with Crippen molar-refractivity contribution in [2.75, 3.05) is 11.9 Å². The fourth-order valence-corrected chi connectivity index (χ4v) is 4.40. The van der Waals surface area contributed by atoms with Gasteiger partial charge in [0.15, 0.2) is 0 Å². The summed E-state index contributed by atoms with van der Waals surface area (Å²) in [5, 5.41) is 2.72. The second-order valence-electron chi connectivity index (χ2n) is 4.61. The van der Waals surface area contributed by atoms with E-state index in [0.29, 0.717) is 18.7 Å². The number of para-hydroxylation sites is 1. The van der Waals surface area contributed by atoms with Crippen LogP contribution in [0, 0.1) is 0 Å². The average molecular weight is 266 g/mol. The highest BCUT2D eigenvalue weighted by atomic mass is 32.2. The smallest absolute Gasteiger partial charge is 0.245 e. The quantitative estimate of drug-likeness (QED) is 0.767. The van der Waals surface area contributed by atoms with Crippen LogP contribution in [0.15, 0.2) is 29.2 Å². The van der Waals surface area contributed by atoms with Crippen molar-refractivity contribution >= 4 is 21.6 Å². The Hall–Kier alpha value is -1.40. The van der Waals surface area contributed by atoms with Gasteiger partial charge in [0, 0.05) is 6.54 Å². The molecular formula is C12H14N2O3S. The van der Waals surface area contributed by atoms with Gasteiger partial charge in [-0.15, -0.1) is 0 Å². The Bertz CT molecular complexity index is 597. The van der Waals surface area contributed by atoms with Gasteiger partial charge in [0.05, 0.1) is 5.69 Å². The van der Waals surface area contributed by atoms with E-state index in [1.54, 1.807) is 24.3 Å². The number of sulfonamides is 1. The van der Waals surface area contributed by atoms with E-state index in [2.05, 4.69) is 5.32 Å². The van der Waals surface area contributed by atoms with E-state index >= 15 is 0 Å². The molecule has 0 radical (unpaired) electrons. The Balaban J connectivity index is 2.19. The molecular weight excluding hydrogens is 252 g/mol. The highest BCUT2D eigenvalue weighted by molar-refractivity contribution is 7.89. The Kier molecular flexibility index (Phi) is 2.64. The molecule has 3 rings (SSSR count). The summed E-state index contributed by atoms with van der Waals surface area (Å²) in [5.74, 6) is -0.219. The first kappa shape index (κ1) is 11.7. The van der Waals surface area contributed by atoms with Gasteiger partial charge in [0.2, 0.25) is 15.9 Å². The minimum absolute atomic E-state index is 0.197. The van der Waals surface area contributed by atoms with Crippen LogP contribution in [0.2, 0.25) is 0 Å². The summed E-state index contributed by atoms with van der Waals surface area (Å²) < 4.78 is 26.4. The first-order chi connectivity index (χ1) is 8.60. The van der Waals surface area contributed by atoms with Gasteiger partial charge in [-0.2, -0.15) is 4.31 Å². The fraction of sp³-hybridized carbons (Fsp3) is 0.417. The Morgan fingerprint density at radius 3 is 2.83 bits per heavy atom. The van der Waals surface area contributed by atoms with Crippen LogP contribution in [0.1, 0.15) is 19.3 Å². The lowest BCUT2D eigenvalue weighted by molar-refractivity contribution is -0.120. The summed E-state index contributed by atoms with van der Waals surface area (Å²) in [6.07, 6.45) is 2.30. The molecule has 96 valence electrons. The largest absolute Gasteiger partial charge is 0.323 e. The molecule has 0 spiro atoms. The number of hydrogen-bond donors (Lipinski definition) is 1. The second kappa shape index (κ2) is 4.07. The van der Waals surface area contributed by atoms with Crippen molar-refractivity contribution < 1.29 is 13.2 Å². The van der Waals surface area contributed by atoms with E-state index in [-0.39, 0.29) is 10.8 Å². The van der Waals surface area contributed by atoms with Gasteiger partial charge >= 0.3 is 0 Å². The zero-order valence-electron chi connectivity index (χ0n) is 9.80. The van der Waals surface area contributed by atoms with Gasteiger partial charge in [-0.1, -0.05) is 18.6 Å². The van der Waals surface area contributed by atoms with E-state index in [1.165, 1.54) is 4.31 Å². The van der Waals surface area contributed by atoms with Crippen LogP contribution < -0.4 is 5.32 Å². The van der Waals surface area contributed by atoms with Crippen molar-refractivity contribution in [1.29, 1.82) is 0 Å². The molecule has 18 heavy (non-hydrogen) atoms. The van der Waals surface area contributed by atoms with Crippen LogP contribution in [0.3, 0.4) is 0 Å². The summed E-state index contributed by atoms with van der Waals surface area (Å²) in [7, 11) is -3.56. The van der Waals surface area contributed by atoms with Gasteiger partial charge in [-0.05, 0) is 25.0 Å². The molecule has 5 nitrogen and oxygen atoms in total. The molecule has 1 atom stereocenters. The molecule has 1 N–H and O–H groups in total. The third kappa shape index (κ3) is 1.64. The molecule has 6 heteroatoms. The van der Waals surface area contributed by atoms with Crippen LogP contribution in [0.25, 0.3) is 0 Å². The maximum atomic E-state index is 12.5. The predicted molar refractivity (Wildman–Crippen MR) is 66.6 cm³/mol. The van der Waals surface area contributed by atoms with E-state index in [0.717, 1.165) is 12.8 Å². The highest BCUT2D eigenvalue weighted by Crippen LogP contribution is 2.33. The monoisotopic (exact) mass is 266 g/mol. The number of rotatable bonds is 0. The molecule has 2 heterocycles. The summed E-state index contributed by atoms with van der Waals surface area (Å²) in [5.41, 5.74) is 0.386. The number of piperidine rings is 1. The Morgan fingerprint density at radius 1 is 1.22 bits per heavy atom. The number of benzene rings is 1. The van der Waals surface area contributed by atoms with E-state index in [9.17, 15) is 13.2 Å². The molecule has 1 saturated heterocycles. The van der Waals surface area contributed by atoms with Crippen molar-refractivity contribution in [3.05, 3.63) is 24.3 Å². The molecule has 2 aliphatic heterocycles. The van der Waals surface area contributed by atoms with Crippen molar-refractivity contribution in [3.63, 3.8) is 0 Å². The number of carbonyl (C=O) groups excluding carboxylic acids is 1. The number of nitrogens with zero attached hydrogens (tertiary/aromatic N) is 1. The standard InChI is InChI=1S/C12H14N2O3S/c15-12-10-6-3-4-8-14(10)18(16,17)11-7-2-1-5-9(11)13-12/h1-2,5,7,10H,3-4,6,8H2,(H,13,15)/t10-/m0/s1. The van der Waals surface area contributed by atoms with Crippen LogP contribution in [0.4, 0.5) is 5.69 Å². The van der Waals surface area contributed by atoms with Crippen LogP contribution >= 0.6 is 0 Å².